The van der Waals surface area contributed by atoms with E-state index in [9.17, 15) is 4.79 Å². The van der Waals surface area contributed by atoms with Crippen molar-refractivity contribution in [2.24, 2.45) is 23.7 Å². The number of nitrogens with one attached hydrogen (secondary N) is 1. The van der Waals surface area contributed by atoms with Crippen molar-refractivity contribution < 1.29 is 4.79 Å². The zero-order chi connectivity index (χ0) is 16.3. The Kier molecular flexibility index (Phi) is 3.66. The van der Waals surface area contributed by atoms with Gasteiger partial charge in [-0.25, -0.2) is 4.79 Å². The molecule has 6 rings (SSSR count). The average Bonchev–Trinajstić information content (AvgIpc) is 2.93. The Balaban J connectivity index is 1.28. The fraction of sp³-hybridized carbons (Fsp3) is 0.650. The van der Waals surface area contributed by atoms with Gasteiger partial charge in [-0.1, -0.05) is 34.1 Å². The summed E-state index contributed by atoms with van der Waals surface area (Å²) < 4.78 is 1.16. The summed E-state index contributed by atoms with van der Waals surface area (Å²) in [6.07, 6.45) is 7.21. The molecule has 1 aromatic rings. The summed E-state index contributed by atoms with van der Waals surface area (Å²) in [4.78, 5) is 15.1. The van der Waals surface area contributed by atoms with Crippen LogP contribution >= 0.6 is 15.9 Å². The highest BCUT2D eigenvalue weighted by atomic mass is 79.9. The van der Waals surface area contributed by atoms with Crippen LogP contribution in [0.3, 0.4) is 0 Å². The quantitative estimate of drug-likeness (QED) is 0.825. The SMILES string of the molecule is O=C(NC1C2CC3C(C2)C31)N1CCCCC1Cc1ccccc1Br. The lowest BCUT2D eigenvalue weighted by Crippen LogP contribution is -2.52. The van der Waals surface area contributed by atoms with E-state index in [0.717, 1.165) is 54.0 Å². The van der Waals surface area contributed by atoms with Crippen LogP contribution in [0, 0.1) is 23.7 Å². The van der Waals surface area contributed by atoms with Crippen LogP contribution in [0.4, 0.5) is 4.79 Å². The molecule has 4 unspecified atom stereocenters. The lowest BCUT2D eigenvalue weighted by atomic mass is 9.96. The second-order valence-corrected chi connectivity index (χ2v) is 9.10. The molecule has 0 spiro atoms. The standard InChI is InChI=1S/C20H25BrN2O/c21-17-7-2-1-5-12(17)9-14-6-3-4-8-23(14)20(24)22-19-13-10-15-16(11-13)18(15)19/h1-2,5,7,13-16,18-19H,3-4,6,8-11H2,(H,22,24). The highest BCUT2D eigenvalue weighted by Crippen LogP contribution is 2.70. The van der Waals surface area contributed by atoms with Crippen molar-refractivity contribution >= 4 is 22.0 Å². The van der Waals surface area contributed by atoms with E-state index in [2.05, 4.69) is 50.4 Å². The van der Waals surface area contributed by atoms with E-state index < -0.39 is 0 Å². The summed E-state index contributed by atoms with van der Waals surface area (Å²) in [5.41, 5.74) is 1.31. The maximum Gasteiger partial charge on any atom is 0.317 e. The van der Waals surface area contributed by atoms with Gasteiger partial charge in [-0.05, 0) is 73.8 Å². The number of benzene rings is 1. The summed E-state index contributed by atoms with van der Waals surface area (Å²) >= 11 is 3.66. The minimum atomic E-state index is 0.204. The van der Waals surface area contributed by atoms with Crippen molar-refractivity contribution in [3.8, 4) is 0 Å². The van der Waals surface area contributed by atoms with Crippen LogP contribution in [0.5, 0.6) is 0 Å². The van der Waals surface area contributed by atoms with Crippen LogP contribution in [0.1, 0.15) is 37.7 Å². The molecule has 5 fully saturated rings. The van der Waals surface area contributed by atoms with Crippen molar-refractivity contribution in [2.75, 3.05) is 6.54 Å². The van der Waals surface area contributed by atoms with Crippen molar-refractivity contribution in [3.63, 3.8) is 0 Å². The van der Waals surface area contributed by atoms with Crippen LogP contribution in [0.2, 0.25) is 0 Å². The first-order valence-electron chi connectivity index (χ1n) is 9.53. The highest BCUT2D eigenvalue weighted by Gasteiger charge is 2.68. The molecule has 4 heteroatoms. The number of rotatable bonds is 3. The lowest BCUT2D eigenvalue weighted by molar-refractivity contribution is 0.145. The predicted octanol–water partition coefficient (Wildman–Crippen LogP) is 4.21. The number of carbonyl (C=O) groups excluding carboxylic acids is 1. The molecule has 4 saturated carbocycles. The molecular weight excluding hydrogens is 364 g/mol. The lowest BCUT2D eigenvalue weighted by Gasteiger charge is -2.37. The van der Waals surface area contributed by atoms with Gasteiger partial charge >= 0.3 is 6.03 Å². The van der Waals surface area contributed by atoms with Gasteiger partial charge in [-0.15, -0.1) is 0 Å². The molecule has 0 aromatic heterocycles. The van der Waals surface area contributed by atoms with Crippen molar-refractivity contribution in [3.05, 3.63) is 34.3 Å². The van der Waals surface area contributed by atoms with Crippen LogP contribution < -0.4 is 5.32 Å². The monoisotopic (exact) mass is 388 g/mol. The third kappa shape index (κ3) is 2.40. The third-order valence-corrected chi connectivity index (χ3v) is 7.84. The Morgan fingerprint density at radius 1 is 1.21 bits per heavy atom. The topological polar surface area (TPSA) is 32.3 Å². The van der Waals surface area contributed by atoms with Crippen LogP contribution in [-0.4, -0.2) is 29.6 Å². The molecule has 3 nitrogen and oxygen atoms in total. The summed E-state index contributed by atoms with van der Waals surface area (Å²) in [5.74, 6) is 3.52. The Labute approximate surface area is 152 Å². The summed E-state index contributed by atoms with van der Waals surface area (Å²) in [6.45, 7) is 0.913. The summed E-state index contributed by atoms with van der Waals surface area (Å²) in [7, 11) is 0. The smallest absolute Gasteiger partial charge is 0.317 e. The largest absolute Gasteiger partial charge is 0.335 e. The molecule has 1 aliphatic heterocycles. The fourth-order valence-corrected chi connectivity index (χ4v) is 6.36. The van der Waals surface area contributed by atoms with Crippen molar-refractivity contribution in [2.45, 2.75) is 50.6 Å². The number of carbonyl (C=O) groups is 1. The Morgan fingerprint density at radius 2 is 2.00 bits per heavy atom. The molecule has 1 saturated heterocycles. The van der Waals surface area contributed by atoms with E-state index in [1.54, 1.807) is 0 Å². The van der Waals surface area contributed by atoms with Gasteiger partial charge in [0.2, 0.25) is 0 Å². The minimum absolute atomic E-state index is 0.204. The van der Waals surface area contributed by atoms with Gasteiger partial charge in [-0.2, -0.15) is 0 Å². The fourth-order valence-electron chi connectivity index (χ4n) is 5.91. The number of amides is 2. The number of likely N-dealkylation sites (tertiary alicyclic amines) is 1. The molecule has 1 aromatic carbocycles. The van der Waals surface area contributed by atoms with Crippen molar-refractivity contribution in [1.29, 1.82) is 0 Å². The summed E-state index contributed by atoms with van der Waals surface area (Å²) in [5, 5.41) is 3.44. The van der Waals surface area contributed by atoms with E-state index in [0.29, 0.717) is 12.1 Å². The number of urea groups is 1. The molecule has 24 heavy (non-hydrogen) atoms. The number of piperidine rings is 1. The van der Waals surface area contributed by atoms with Gasteiger partial charge < -0.3 is 10.2 Å². The van der Waals surface area contributed by atoms with Gasteiger partial charge in [0.1, 0.15) is 0 Å². The van der Waals surface area contributed by atoms with Gasteiger partial charge in [0.15, 0.2) is 0 Å². The number of halogens is 1. The molecule has 1 heterocycles. The van der Waals surface area contributed by atoms with Gasteiger partial charge in [0, 0.05) is 23.1 Å². The molecule has 2 amide bonds. The van der Waals surface area contributed by atoms with Gasteiger partial charge in [0.25, 0.3) is 0 Å². The first kappa shape index (κ1) is 15.2. The minimum Gasteiger partial charge on any atom is -0.335 e. The highest BCUT2D eigenvalue weighted by molar-refractivity contribution is 9.10. The first-order valence-corrected chi connectivity index (χ1v) is 10.3. The zero-order valence-electron chi connectivity index (χ0n) is 14.0. The van der Waals surface area contributed by atoms with Gasteiger partial charge in [-0.3, -0.25) is 0 Å². The van der Waals surface area contributed by atoms with E-state index in [-0.39, 0.29) is 6.03 Å². The molecule has 4 bridgehead atoms. The maximum atomic E-state index is 13.0. The normalized spacial score (nSPS) is 39.1. The number of hydrogen-bond donors (Lipinski definition) is 1. The van der Waals surface area contributed by atoms with E-state index in [1.807, 2.05) is 0 Å². The molecular formula is C20H25BrN2O. The molecule has 128 valence electrons. The molecule has 1 N–H and O–H groups in total. The Bertz CT molecular complexity index is 649. The predicted molar refractivity (Wildman–Crippen MR) is 97.7 cm³/mol. The Morgan fingerprint density at radius 3 is 2.71 bits per heavy atom. The number of hydrogen-bond acceptors (Lipinski definition) is 1. The molecule has 4 atom stereocenters. The molecule has 5 aliphatic rings. The van der Waals surface area contributed by atoms with Crippen LogP contribution in [-0.2, 0) is 6.42 Å². The second kappa shape index (κ2) is 5.76. The van der Waals surface area contributed by atoms with Crippen LogP contribution in [0.25, 0.3) is 0 Å². The summed E-state index contributed by atoms with van der Waals surface area (Å²) in [6, 6.07) is 9.44. The first-order chi connectivity index (χ1) is 11.7. The maximum absolute atomic E-state index is 13.0. The molecule has 4 aliphatic carbocycles. The molecule has 0 radical (unpaired) electrons. The van der Waals surface area contributed by atoms with E-state index in [4.69, 9.17) is 0 Å². The van der Waals surface area contributed by atoms with E-state index in [1.165, 1.54) is 24.8 Å². The third-order valence-electron chi connectivity index (χ3n) is 7.06. The zero-order valence-corrected chi connectivity index (χ0v) is 15.5. The van der Waals surface area contributed by atoms with Crippen LogP contribution in [0.15, 0.2) is 28.7 Å². The Hall–Kier alpha value is -1.03. The van der Waals surface area contributed by atoms with Gasteiger partial charge in [0.05, 0.1) is 0 Å². The average molecular weight is 389 g/mol. The van der Waals surface area contributed by atoms with Crippen molar-refractivity contribution in [1.82, 2.24) is 10.2 Å². The van der Waals surface area contributed by atoms with E-state index >= 15 is 0 Å². The second-order valence-electron chi connectivity index (χ2n) is 8.25. The number of nitrogens with zero attached hydrogens (tertiary/aromatic N) is 1.